The molecular formula is C6H18O2Si. The minimum Gasteiger partial charge on any atom is -0.466 e. The SMILES string of the molecule is C.C.C=CC(=O)OC.[SiH4]. The lowest BCUT2D eigenvalue weighted by molar-refractivity contribution is -0.134. The highest BCUT2D eigenvalue weighted by molar-refractivity contribution is 5.80. The molecule has 0 aromatic heterocycles. The largest absolute Gasteiger partial charge is 0.466 e. The van der Waals surface area contributed by atoms with Crippen molar-refractivity contribution in [2.75, 3.05) is 7.11 Å². The fourth-order valence-electron chi connectivity index (χ4n) is 0.0833. The third-order valence-electron chi connectivity index (χ3n) is 0.368. The van der Waals surface area contributed by atoms with Crippen molar-refractivity contribution < 1.29 is 9.53 Å². The Morgan fingerprint density at radius 2 is 1.89 bits per heavy atom. The monoisotopic (exact) mass is 150 g/mol. The van der Waals surface area contributed by atoms with Crippen molar-refractivity contribution in [1.82, 2.24) is 0 Å². The number of hydrogen-bond acceptors (Lipinski definition) is 2. The van der Waals surface area contributed by atoms with Gasteiger partial charge in [0.1, 0.15) is 0 Å². The number of ether oxygens (including phenoxy) is 1. The zero-order valence-electron chi connectivity index (χ0n) is 3.60. The van der Waals surface area contributed by atoms with Crippen molar-refractivity contribution in [3.8, 4) is 0 Å². The van der Waals surface area contributed by atoms with Gasteiger partial charge in [0.15, 0.2) is 0 Å². The fraction of sp³-hybridized carbons (Fsp3) is 0.500. The molecule has 0 spiro atoms. The van der Waals surface area contributed by atoms with Gasteiger partial charge in [-0.25, -0.2) is 4.79 Å². The Morgan fingerprint density at radius 1 is 1.56 bits per heavy atom. The van der Waals surface area contributed by atoms with Gasteiger partial charge >= 0.3 is 5.97 Å². The summed E-state index contributed by atoms with van der Waals surface area (Å²) in [6.07, 6.45) is 1.11. The molecule has 58 valence electrons. The van der Waals surface area contributed by atoms with Crippen molar-refractivity contribution >= 4 is 16.9 Å². The van der Waals surface area contributed by atoms with E-state index in [1.807, 2.05) is 0 Å². The lowest BCUT2D eigenvalue weighted by Gasteiger charge is -1.83. The van der Waals surface area contributed by atoms with Gasteiger partial charge in [-0.3, -0.25) is 0 Å². The second kappa shape index (κ2) is 15.7. The second-order valence-corrected chi connectivity index (χ2v) is 0.727. The van der Waals surface area contributed by atoms with Crippen LogP contribution in [0.15, 0.2) is 12.7 Å². The van der Waals surface area contributed by atoms with Crippen LogP contribution in [0.5, 0.6) is 0 Å². The van der Waals surface area contributed by atoms with Crippen LogP contribution < -0.4 is 0 Å². The van der Waals surface area contributed by atoms with E-state index >= 15 is 0 Å². The molecule has 0 aliphatic rings. The number of carbonyl (C=O) groups excluding carboxylic acids is 1. The van der Waals surface area contributed by atoms with Crippen molar-refractivity contribution in [3.05, 3.63) is 12.7 Å². The van der Waals surface area contributed by atoms with E-state index in [1.165, 1.54) is 7.11 Å². The molecule has 0 radical (unpaired) electrons. The standard InChI is InChI=1S/C4H6O2.2CH4.H4Si/c1-3-4(5)6-2;;;/h3H,1H2,2H3;3*1H4. The van der Waals surface area contributed by atoms with Crippen LogP contribution in [-0.2, 0) is 9.53 Å². The first-order valence-corrected chi connectivity index (χ1v) is 1.51. The Labute approximate surface area is 61.9 Å². The maximum absolute atomic E-state index is 9.84. The summed E-state index contributed by atoms with van der Waals surface area (Å²) in [5, 5.41) is 0. The summed E-state index contributed by atoms with van der Waals surface area (Å²) in [5.74, 6) is -0.394. The summed E-state index contributed by atoms with van der Waals surface area (Å²) in [5.41, 5.74) is 0. The molecule has 9 heavy (non-hydrogen) atoms. The van der Waals surface area contributed by atoms with Crippen LogP contribution in [0.2, 0.25) is 0 Å². The van der Waals surface area contributed by atoms with E-state index < -0.39 is 5.97 Å². The predicted molar refractivity (Wildman–Crippen MR) is 47.0 cm³/mol. The van der Waals surface area contributed by atoms with Crippen molar-refractivity contribution in [2.24, 2.45) is 0 Å². The highest BCUT2D eigenvalue weighted by Gasteiger charge is 1.81. The molecule has 0 amide bonds. The molecule has 0 aromatic rings. The van der Waals surface area contributed by atoms with Gasteiger partial charge in [-0.05, 0) is 11.0 Å². The molecule has 0 fully saturated rings. The molecule has 0 aromatic carbocycles. The Kier molecular flexibility index (Phi) is 41.3. The first-order valence-electron chi connectivity index (χ1n) is 1.51. The predicted octanol–water partition coefficient (Wildman–Crippen LogP) is 0.166. The van der Waals surface area contributed by atoms with Crippen LogP contribution in [-0.4, -0.2) is 24.0 Å². The van der Waals surface area contributed by atoms with Crippen LogP contribution in [0, 0.1) is 0 Å². The van der Waals surface area contributed by atoms with Gasteiger partial charge in [0.2, 0.25) is 0 Å². The van der Waals surface area contributed by atoms with Gasteiger partial charge in [-0.15, -0.1) is 0 Å². The molecule has 0 aliphatic carbocycles. The molecule has 2 nitrogen and oxygen atoms in total. The Bertz CT molecular complexity index is 71.5. The maximum Gasteiger partial charge on any atom is 0.329 e. The van der Waals surface area contributed by atoms with E-state index in [1.54, 1.807) is 0 Å². The van der Waals surface area contributed by atoms with E-state index in [0.29, 0.717) is 0 Å². The number of esters is 1. The van der Waals surface area contributed by atoms with Gasteiger partial charge in [0.05, 0.1) is 7.11 Å². The number of carbonyl (C=O) groups is 1. The number of rotatable bonds is 1. The summed E-state index contributed by atoms with van der Waals surface area (Å²) >= 11 is 0. The van der Waals surface area contributed by atoms with Crippen LogP contribution in [0.4, 0.5) is 0 Å². The first kappa shape index (κ1) is 23.7. The van der Waals surface area contributed by atoms with E-state index in [9.17, 15) is 4.79 Å². The van der Waals surface area contributed by atoms with Gasteiger partial charge in [-0.2, -0.15) is 0 Å². The average Bonchev–Trinajstić information content (AvgIpc) is 1.65. The van der Waals surface area contributed by atoms with E-state index in [-0.39, 0.29) is 25.8 Å². The topological polar surface area (TPSA) is 26.3 Å². The zero-order valence-corrected chi connectivity index (χ0v) is 3.60. The Hall–Kier alpha value is -0.573. The summed E-state index contributed by atoms with van der Waals surface area (Å²) in [6.45, 7) is 3.16. The minimum absolute atomic E-state index is 0. The van der Waals surface area contributed by atoms with Crippen molar-refractivity contribution in [3.63, 3.8) is 0 Å². The lowest BCUT2D eigenvalue weighted by atomic mass is 10.7. The van der Waals surface area contributed by atoms with Crippen LogP contribution >= 0.6 is 0 Å². The fourth-order valence-corrected chi connectivity index (χ4v) is 0.0833. The summed E-state index contributed by atoms with van der Waals surface area (Å²) in [6, 6.07) is 0. The molecule has 0 atom stereocenters. The van der Waals surface area contributed by atoms with Gasteiger partial charge in [-0.1, -0.05) is 21.4 Å². The van der Waals surface area contributed by atoms with Gasteiger partial charge in [0, 0.05) is 6.08 Å². The molecule has 0 rings (SSSR count). The van der Waals surface area contributed by atoms with Gasteiger partial charge < -0.3 is 4.74 Å². The maximum atomic E-state index is 9.84. The summed E-state index contributed by atoms with van der Waals surface area (Å²) < 4.78 is 4.14. The van der Waals surface area contributed by atoms with Gasteiger partial charge in [0.25, 0.3) is 0 Å². The highest BCUT2D eigenvalue weighted by atomic mass is 28.1. The third-order valence-corrected chi connectivity index (χ3v) is 0.368. The number of methoxy groups -OCH3 is 1. The minimum atomic E-state index is -0.394. The lowest BCUT2D eigenvalue weighted by Crippen LogP contribution is -1.91. The third kappa shape index (κ3) is 18.6. The van der Waals surface area contributed by atoms with Crippen molar-refractivity contribution in [1.29, 1.82) is 0 Å². The molecule has 0 heterocycles. The van der Waals surface area contributed by atoms with E-state index in [0.717, 1.165) is 6.08 Å². The van der Waals surface area contributed by atoms with Crippen LogP contribution in [0.3, 0.4) is 0 Å². The van der Waals surface area contributed by atoms with E-state index in [2.05, 4.69) is 11.3 Å². The molecule has 0 aliphatic heterocycles. The highest BCUT2D eigenvalue weighted by Crippen LogP contribution is 1.67. The Balaban J connectivity index is -0.0000000417. The molecule has 0 saturated carbocycles. The molecule has 0 saturated heterocycles. The molecular weight excluding hydrogens is 132 g/mol. The summed E-state index contributed by atoms with van der Waals surface area (Å²) in [4.78, 5) is 9.84. The first-order chi connectivity index (χ1) is 2.81. The molecule has 0 bridgehead atoms. The van der Waals surface area contributed by atoms with Crippen molar-refractivity contribution in [2.45, 2.75) is 14.9 Å². The van der Waals surface area contributed by atoms with Crippen LogP contribution in [0.25, 0.3) is 0 Å². The Morgan fingerprint density at radius 3 is 1.89 bits per heavy atom. The summed E-state index contributed by atoms with van der Waals surface area (Å²) in [7, 11) is 1.31. The normalized spacial score (nSPS) is 4.56. The quantitative estimate of drug-likeness (QED) is 0.302. The zero-order chi connectivity index (χ0) is 4.99. The van der Waals surface area contributed by atoms with Crippen LogP contribution in [0.1, 0.15) is 14.9 Å². The smallest absolute Gasteiger partial charge is 0.329 e. The molecule has 0 unspecified atom stereocenters. The second-order valence-electron chi connectivity index (χ2n) is 0.727. The number of hydrogen-bond donors (Lipinski definition) is 0. The molecule has 3 heteroatoms. The van der Waals surface area contributed by atoms with E-state index in [4.69, 9.17) is 0 Å². The average molecular weight is 150 g/mol. The molecule has 0 N–H and O–H groups in total.